The van der Waals surface area contributed by atoms with Crippen LogP contribution in [0.1, 0.15) is 16.7 Å². The summed E-state index contributed by atoms with van der Waals surface area (Å²) in [7, 11) is 0. The molecule has 3 aromatic rings. The smallest absolute Gasteiger partial charge is 0.278 e. The summed E-state index contributed by atoms with van der Waals surface area (Å²) in [6.45, 7) is 4.45. The van der Waals surface area contributed by atoms with Gasteiger partial charge in [-0.05, 0) is 47.9 Å². The first kappa shape index (κ1) is 28.0. The number of benzene rings is 1. The second kappa shape index (κ2) is 11.9. The van der Waals surface area contributed by atoms with Crippen molar-refractivity contribution >= 4 is 46.5 Å². The van der Waals surface area contributed by atoms with Gasteiger partial charge in [-0.1, -0.05) is 41.4 Å². The van der Waals surface area contributed by atoms with Crippen LogP contribution < -0.4 is 9.80 Å². The third kappa shape index (κ3) is 6.28. The predicted molar refractivity (Wildman–Crippen MR) is 154 cm³/mol. The first-order chi connectivity index (χ1) is 19.7. The number of rotatable bonds is 8. The summed E-state index contributed by atoms with van der Waals surface area (Å²) in [5.41, 5.74) is 3.81. The number of pyridine rings is 2. The molecule has 0 atom stereocenters. The Morgan fingerprint density at radius 1 is 0.756 bits per heavy atom. The number of hydrazone groups is 2. The van der Waals surface area contributed by atoms with E-state index in [0.29, 0.717) is 60.9 Å². The van der Waals surface area contributed by atoms with E-state index >= 15 is 0 Å². The summed E-state index contributed by atoms with van der Waals surface area (Å²) >= 11 is 11.8. The van der Waals surface area contributed by atoms with Crippen LogP contribution in [0.3, 0.4) is 0 Å². The Morgan fingerprint density at radius 2 is 1.20 bits per heavy atom. The van der Waals surface area contributed by atoms with Gasteiger partial charge in [0.25, 0.3) is 11.9 Å². The SMILES string of the molecule is Cc1c(N2CCN(Cc3ccc(Cl)nc3)C2=N[N+](=O)[O-])cccc1N1CCN(Cc2ccc(Cl)nc2)C1=N[N+](=O)[O-]. The topological polar surface area (TPSA) is 150 Å². The van der Waals surface area contributed by atoms with Crippen molar-refractivity contribution in [3.8, 4) is 0 Å². The Kier molecular flexibility index (Phi) is 8.12. The Labute approximate surface area is 244 Å². The third-order valence-electron chi connectivity index (χ3n) is 6.76. The molecule has 5 rings (SSSR count). The minimum atomic E-state index is -0.717. The molecule has 0 unspecified atom stereocenters. The van der Waals surface area contributed by atoms with Crippen LogP contribution in [0.25, 0.3) is 0 Å². The van der Waals surface area contributed by atoms with Gasteiger partial charge in [-0.2, -0.15) is 0 Å². The van der Waals surface area contributed by atoms with Crippen LogP contribution in [0.15, 0.2) is 65.1 Å². The van der Waals surface area contributed by atoms with E-state index in [2.05, 4.69) is 20.2 Å². The molecule has 41 heavy (non-hydrogen) atoms. The van der Waals surface area contributed by atoms with Gasteiger partial charge in [-0.3, -0.25) is 0 Å². The highest BCUT2D eigenvalue weighted by Crippen LogP contribution is 2.34. The number of hydrogen-bond donors (Lipinski definition) is 0. The standard InChI is InChI=1S/C25H24Cl2N10O4/c1-17-20(34-11-9-32(24(34)30-36(38)39)15-18-5-7-22(26)28-13-18)3-2-4-21(17)35-12-10-33(25(35)31-37(40)41)16-19-6-8-23(27)29-14-19/h2-8,13-14H,9-12,15-16H2,1H3. The molecule has 0 radical (unpaired) electrons. The van der Waals surface area contributed by atoms with E-state index in [1.165, 1.54) is 0 Å². The molecule has 0 aliphatic carbocycles. The summed E-state index contributed by atoms with van der Waals surface area (Å²) in [5, 5.41) is 29.7. The molecule has 1 aromatic carbocycles. The lowest BCUT2D eigenvalue weighted by molar-refractivity contribution is -0.485. The van der Waals surface area contributed by atoms with E-state index in [4.69, 9.17) is 23.2 Å². The van der Waals surface area contributed by atoms with Crippen LogP contribution in [0.5, 0.6) is 0 Å². The quantitative estimate of drug-likeness (QED) is 0.212. The molecule has 0 spiro atoms. The summed E-state index contributed by atoms with van der Waals surface area (Å²) in [6, 6.07) is 12.4. The minimum absolute atomic E-state index is 0.183. The molecule has 2 saturated heterocycles. The molecule has 0 saturated carbocycles. The lowest BCUT2D eigenvalue weighted by atomic mass is 10.1. The van der Waals surface area contributed by atoms with E-state index in [-0.39, 0.29) is 11.9 Å². The van der Waals surface area contributed by atoms with Gasteiger partial charge in [0.2, 0.25) is 0 Å². The van der Waals surface area contributed by atoms with Gasteiger partial charge < -0.3 is 19.6 Å². The van der Waals surface area contributed by atoms with Crippen LogP contribution in [0.4, 0.5) is 11.4 Å². The molecule has 0 amide bonds. The normalized spacial score (nSPS) is 17.2. The average molecular weight is 599 g/mol. The third-order valence-corrected chi connectivity index (χ3v) is 7.21. The van der Waals surface area contributed by atoms with Crippen molar-refractivity contribution in [1.82, 2.24) is 19.8 Å². The number of nitro groups is 2. The molecule has 2 fully saturated rings. The Bertz CT molecular complexity index is 1410. The molecule has 14 nitrogen and oxygen atoms in total. The second-order valence-electron chi connectivity index (χ2n) is 9.32. The number of aromatic nitrogens is 2. The molecule has 2 aromatic heterocycles. The Morgan fingerprint density at radius 3 is 1.56 bits per heavy atom. The maximum atomic E-state index is 11.5. The molecule has 0 bridgehead atoms. The monoisotopic (exact) mass is 598 g/mol. The summed E-state index contributed by atoms with van der Waals surface area (Å²) in [5.74, 6) is 0.366. The zero-order valence-corrected chi connectivity index (χ0v) is 23.3. The van der Waals surface area contributed by atoms with E-state index in [1.807, 2.05) is 37.3 Å². The summed E-state index contributed by atoms with van der Waals surface area (Å²) < 4.78 is 0. The van der Waals surface area contributed by atoms with E-state index < -0.39 is 10.1 Å². The Hall–Kier alpha value is -4.56. The highest BCUT2D eigenvalue weighted by Gasteiger charge is 2.35. The molecule has 16 heteroatoms. The molecular formula is C25H24Cl2N10O4. The van der Waals surface area contributed by atoms with Gasteiger partial charge in [0.05, 0.1) is 0 Å². The second-order valence-corrected chi connectivity index (χ2v) is 10.1. The highest BCUT2D eigenvalue weighted by molar-refractivity contribution is 6.29. The van der Waals surface area contributed by atoms with Crippen LogP contribution in [-0.4, -0.2) is 67.9 Å². The van der Waals surface area contributed by atoms with Crippen molar-refractivity contribution in [3.63, 3.8) is 0 Å². The molecule has 2 aliphatic heterocycles. The largest absolute Gasteiger partial charge is 0.331 e. The fourth-order valence-electron chi connectivity index (χ4n) is 4.96. The van der Waals surface area contributed by atoms with E-state index in [9.17, 15) is 20.2 Å². The van der Waals surface area contributed by atoms with E-state index in [1.54, 1.807) is 44.1 Å². The summed E-state index contributed by atoms with van der Waals surface area (Å²) in [4.78, 5) is 38.4. The number of hydrogen-bond acceptors (Lipinski definition) is 6. The maximum Gasteiger partial charge on any atom is 0.278 e. The first-order valence-electron chi connectivity index (χ1n) is 12.5. The van der Waals surface area contributed by atoms with Gasteiger partial charge in [0.15, 0.2) is 10.1 Å². The highest BCUT2D eigenvalue weighted by atomic mass is 35.5. The number of guanidine groups is 2. The van der Waals surface area contributed by atoms with Crippen LogP contribution in [0.2, 0.25) is 10.3 Å². The van der Waals surface area contributed by atoms with Crippen LogP contribution in [-0.2, 0) is 13.1 Å². The molecule has 4 heterocycles. The van der Waals surface area contributed by atoms with Gasteiger partial charge in [-0.25, -0.2) is 30.2 Å². The lowest BCUT2D eigenvalue weighted by Gasteiger charge is -2.26. The number of anilines is 2. The van der Waals surface area contributed by atoms with Crippen molar-refractivity contribution in [2.75, 3.05) is 36.0 Å². The van der Waals surface area contributed by atoms with E-state index in [0.717, 1.165) is 16.7 Å². The first-order valence-corrected chi connectivity index (χ1v) is 13.3. The Balaban J connectivity index is 1.44. The molecular weight excluding hydrogens is 575 g/mol. The fourth-order valence-corrected chi connectivity index (χ4v) is 5.18. The lowest BCUT2D eigenvalue weighted by Crippen LogP contribution is -2.36. The average Bonchev–Trinajstić information content (AvgIpc) is 3.50. The van der Waals surface area contributed by atoms with Crippen molar-refractivity contribution in [3.05, 3.63) is 102 Å². The van der Waals surface area contributed by atoms with Gasteiger partial charge >= 0.3 is 0 Å². The van der Waals surface area contributed by atoms with Gasteiger partial charge in [-0.15, -0.1) is 0 Å². The van der Waals surface area contributed by atoms with Gasteiger partial charge in [0, 0.05) is 63.0 Å². The van der Waals surface area contributed by atoms with Crippen molar-refractivity contribution in [1.29, 1.82) is 0 Å². The zero-order chi connectivity index (χ0) is 29.1. The van der Waals surface area contributed by atoms with Crippen LogP contribution >= 0.6 is 23.2 Å². The van der Waals surface area contributed by atoms with Crippen molar-refractivity contribution in [2.24, 2.45) is 10.2 Å². The fraction of sp³-hybridized carbons (Fsp3) is 0.280. The van der Waals surface area contributed by atoms with Crippen molar-refractivity contribution < 1.29 is 10.1 Å². The summed E-state index contributed by atoms with van der Waals surface area (Å²) in [6.07, 6.45) is 3.24. The molecule has 0 N–H and O–H groups in total. The number of nitrogens with zero attached hydrogens (tertiary/aromatic N) is 10. The molecule has 2 aliphatic rings. The maximum absolute atomic E-state index is 11.5. The zero-order valence-electron chi connectivity index (χ0n) is 21.8. The van der Waals surface area contributed by atoms with Crippen molar-refractivity contribution in [2.45, 2.75) is 20.0 Å². The van der Waals surface area contributed by atoms with Crippen LogP contribution in [0, 0.1) is 27.2 Å². The molecule has 212 valence electrons. The van der Waals surface area contributed by atoms with Gasteiger partial charge in [0.1, 0.15) is 20.5 Å². The number of halogens is 2. The predicted octanol–water partition coefficient (Wildman–Crippen LogP) is 3.83. The minimum Gasteiger partial charge on any atom is -0.331 e.